The van der Waals surface area contributed by atoms with Crippen LogP contribution >= 0.6 is 0 Å². The van der Waals surface area contributed by atoms with Crippen molar-refractivity contribution in [1.29, 1.82) is 0 Å². The highest BCUT2D eigenvalue weighted by atomic mass is 16.7. The Labute approximate surface area is 198 Å². The largest absolute Gasteiger partial charge is 0.446 e. The van der Waals surface area contributed by atoms with Gasteiger partial charge in [0, 0.05) is 33.3 Å². The van der Waals surface area contributed by atoms with E-state index in [1.54, 1.807) is 7.11 Å². The summed E-state index contributed by atoms with van der Waals surface area (Å²) in [7, 11) is 1.80. The average molecular weight is 463 g/mol. The van der Waals surface area contributed by atoms with Gasteiger partial charge in [0.2, 0.25) is 0 Å². The highest BCUT2D eigenvalue weighted by molar-refractivity contribution is 5.68. The van der Waals surface area contributed by atoms with Gasteiger partial charge < -0.3 is 28.7 Å². The van der Waals surface area contributed by atoms with Crippen molar-refractivity contribution in [3.05, 3.63) is 11.6 Å². The summed E-state index contributed by atoms with van der Waals surface area (Å²) in [5.74, 6) is 0.605. The summed E-state index contributed by atoms with van der Waals surface area (Å²) in [5, 5.41) is 0. The van der Waals surface area contributed by atoms with Gasteiger partial charge in [-0.25, -0.2) is 4.79 Å². The Hall–Kier alpha value is -1.15. The molecule has 0 aromatic rings. The van der Waals surface area contributed by atoms with Gasteiger partial charge in [0.25, 0.3) is 0 Å². The first-order valence-electron chi connectivity index (χ1n) is 13.0. The lowest BCUT2D eigenvalue weighted by atomic mass is 9.80. The van der Waals surface area contributed by atoms with Crippen LogP contribution in [0.1, 0.15) is 65.7 Å². The molecule has 1 unspecified atom stereocenters. The minimum absolute atomic E-state index is 0.0250. The third-order valence-corrected chi connectivity index (χ3v) is 8.69. The van der Waals surface area contributed by atoms with Crippen LogP contribution in [0.2, 0.25) is 0 Å². The molecule has 4 saturated heterocycles. The number of epoxide rings is 2. The fourth-order valence-corrected chi connectivity index (χ4v) is 6.22. The summed E-state index contributed by atoms with van der Waals surface area (Å²) in [6, 6.07) is 0. The molecule has 0 N–H and O–H groups in total. The number of ether oxygens (including phenoxy) is 4. The van der Waals surface area contributed by atoms with E-state index in [1.807, 2.05) is 4.90 Å². The van der Waals surface area contributed by atoms with Crippen LogP contribution in [0.3, 0.4) is 0 Å². The number of hydrogen-bond donors (Lipinski definition) is 0. The van der Waals surface area contributed by atoms with Gasteiger partial charge >= 0.3 is 6.09 Å². The van der Waals surface area contributed by atoms with Crippen LogP contribution in [0.25, 0.3) is 0 Å². The van der Waals surface area contributed by atoms with E-state index < -0.39 is 0 Å². The van der Waals surface area contributed by atoms with Gasteiger partial charge in [-0.3, -0.25) is 0 Å². The number of rotatable bonds is 8. The van der Waals surface area contributed by atoms with Crippen LogP contribution < -0.4 is 0 Å². The smallest absolute Gasteiger partial charge is 0.410 e. The molecule has 5 fully saturated rings. The van der Waals surface area contributed by atoms with Gasteiger partial charge in [-0.05, 0) is 78.2 Å². The van der Waals surface area contributed by atoms with E-state index in [0.717, 1.165) is 77.7 Å². The fraction of sp³-hybridized carbons (Fsp3) is 0.885. The molecule has 1 aliphatic carbocycles. The third-order valence-electron chi connectivity index (χ3n) is 8.69. The van der Waals surface area contributed by atoms with Gasteiger partial charge in [0.1, 0.15) is 17.8 Å². The van der Waals surface area contributed by atoms with Gasteiger partial charge in [0.15, 0.2) is 0 Å². The molecule has 1 saturated carbocycles. The van der Waals surface area contributed by atoms with Gasteiger partial charge in [-0.15, -0.1) is 0 Å². The molecule has 0 aromatic heterocycles. The third kappa shape index (κ3) is 4.97. The van der Waals surface area contributed by atoms with Crippen LogP contribution in [-0.4, -0.2) is 91.3 Å². The van der Waals surface area contributed by atoms with Gasteiger partial charge in [0.05, 0.1) is 17.8 Å². The van der Waals surface area contributed by atoms with Gasteiger partial charge in [-0.2, -0.15) is 0 Å². The van der Waals surface area contributed by atoms with Crippen LogP contribution in [0.4, 0.5) is 4.79 Å². The standard InChI is InChI=1S/C26H42N2O5/c1-18(2)5-6-22-25(3,32-22)23-26(33-23)11-7-20(8-12-26)31-24(29)28-15-19(16-28)9-13-27-14-10-21(17-27)30-4/h5,19-23H,6-17H2,1-4H3/t20?,21-,22+,23?,25+,26?/m0/s1. The van der Waals surface area contributed by atoms with Crippen molar-refractivity contribution < 1.29 is 23.7 Å². The lowest BCUT2D eigenvalue weighted by molar-refractivity contribution is 0.00506. The minimum Gasteiger partial charge on any atom is -0.446 e. The van der Waals surface area contributed by atoms with Crippen molar-refractivity contribution in [3.63, 3.8) is 0 Å². The second-order valence-electron chi connectivity index (χ2n) is 11.5. The number of methoxy groups -OCH3 is 1. The lowest BCUT2D eigenvalue weighted by Crippen LogP contribution is -2.51. The summed E-state index contributed by atoms with van der Waals surface area (Å²) >= 11 is 0. The topological polar surface area (TPSA) is 67.1 Å². The van der Waals surface area contributed by atoms with Crippen molar-refractivity contribution in [2.75, 3.05) is 39.8 Å². The number of allylic oxidation sites excluding steroid dienone is 1. The molecule has 0 bridgehead atoms. The number of hydrogen-bond acceptors (Lipinski definition) is 6. The molecule has 5 aliphatic rings. The van der Waals surface area contributed by atoms with Crippen molar-refractivity contribution in [3.8, 4) is 0 Å². The number of amides is 1. The molecule has 4 aliphatic heterocycles. The van der Waals surface area contributed by atoms with Crippen LogP contribution in [0.15, 0.2) is 11.6 Å². The maximum Gasteiger partial charge on any atom is 0.410 e. The van der Waals surface area contributed by atoms with Gasteiger partial charge in [-0.1, -0.05) is 11.6 Å². The van der Waals surface area contributed by atoms with E-state index in [-0.39, 0.29) is 35.6 Å². The number of likely N-dealkylation sites (tertiary alicyclic amines) is 2. The molecule has 0 radical (unpaired) electrons. The summed E-state index contributed by atoms with van der Waals surface area (Å²) in [4.78, 5) is 16.9. The zero-order chi connectivity index (χ0) is 23.2. The zero-order valence-electron chi connectivity index (χ0n) is 20.9. The van der Waals surface area contributed by atoms with Crippen molar-refractivity contribution in [2.45, 2.75) is 101 Å². The van der Waals surface area contributed by atoms with E-state index in [4.69, 9.17) is 18.9 Å². The van der Waals surface area contributed by atoms with E-state index in [0.29, 0.717) is 12.0 Å². The molecule has 7 nitrogen and oxygen atoms in total. The number of carbonyl (C=O) groups is 1. The van der Waals surface area contributed by atoms with Crippen LogP contribution in [-0.2, 0) is 18.9 Å². The molecular weight excluding hydrogens is 420 g/mol. The first-order chi connectivity index (χ1) is 15.8. The normalized spacial score (nSPS) is 40.5. The maximum absolute atomic E-state index is 12.6. The summed E-state index contributed by atoms with van der Waals surface area (Å²) < 4.78 is 23.6. The maximum atomic E-state index is 12.6. The molecule has 1 spiro atoms. The molecule has 4 atom stereocenters. The average Bonchev–Trinajstić information content (AvgIpc) is 3.58. The first-order valence-corrected chi connectivity index (χ1v) is 13.0. The predicted molar refractivity (Wildman–Crippen MR) is 125 cm³/mol. The van der Waals surface area contributed by atoms with Crippen molar-refractivity contribution in [1.82, 2.24) is 9.80 Å². The van der Waals surface area contributed by atoms with Crippen molar-refractivity contribution >= 4 is 6.09 Å². The van der Waals surface area contributed by atoms with Crippen LogP contribution in [0, 0.1) is 5.92 Å². The zero-order valence-corrected chi connectivity index (χ0v) is 20.9. The Morgan fingerprint density at radius 3 is 2.52 bits per heavy atom. The first kappa shape index (κ1) is 23.6. The molecule has 0 aromatic carbocycles. The Balaban J connectivity index is 0.975. The predicted octanol–water partition coefficient (Wildman–Crippen LogP) is 3.76. The van der Waals surface area contributed by atoms with E-state index >= 15 is 0 Å². The lowest BCUT2D eigenvalue weighted by Gasteiger charge is -2.40. The quantitative estimate of drug-likeness (QED) is 0.404. The molecule has 4 heterocycles. The fourth-order valence-electron chi connectivity index (χ4n) is 6.22. The minimum atomic E-state index is -0.137. The van der Waals surface area contributed by atoms with E-state index in [9.17, 15) is 4.79 Å². The Morgan fingerprint density at radius 1 is 1.09 bits per heavy atom. The molecular formula is C26H42N2O5. The second kappa shape index (κ2) is 9.14. The molecule has 1 amide bonds. The number of nitrogens with zero attached hydrogens (tertiary/aromatic N) is 2. The SMILES string of the molecule is CO[C@H]1CCN(CCC2CN(C(=O)OC3CCC4(CC3)OC4[C@]3(C)O[C@@H]3CC=C(C)C)C2)C1. The van der Waals surface area contributed by atoms with Crippen molar-refractivity contribution in [2.24, 2.45) is 5.92 Å². The summed E-state index contributed by atoms with van der Waals surface area (Å²) in [5.41, 5.74) is 1.15. The monoisotopic (exact) mass is 462 g/mol. The Morgan fingerprint density at radius 2 is 1.85 bits per heavy atom. The van der Waals surface area contributed by atoms with E-state index in [2.05, 4.69) is 31.7 Å². The summed E-state index contributed by atoms with van der Waals surface area (Å²) in [6.45, 7) is 11.4. The Kier molecular flexibility index (Phi) is 6.53. The second-order valence-corrected chi connectivity index (χ2v) is 11.5. The van der Waals surface area contributed by atoms with Crippen LogP contribution in [0.5, 0.6) is 0 Å². The highest BCUT2D eigenvalue weighted by Gasteiger charge is 2.73. The molecule has 33 heavy (non-hydrogen) atoms. The highest BCUT2D eigenvalue weighted by Crippen LogP contribution is 2.60. The number of carbonyl (C=O) groups excluding carboxylic acids is 1. The van der Waals surface area contributed by atoms with E-state index in [1.165, 1.54) is 5.57 Å². The molecule has 5 rings (SSSR count). The Bertz CT molecular complexity index is 754. The summed E-state index contributed by atoms with van der Waals surface area (Å²) in [6.07, 6.45) is 9.99. The molecule has 7 heteroatoms. The molecule has 186 valence electrons.